The molecule has 1 aliphatic heterocycles. The monoisotopic (exact) mass is 583 g/mol. The predicted octanol–water partition coefficient (Wildman–Crippen LogP) is 7.77. The van der Waals surface area contributed by atoms with Crippen LogP contribution < -0.4 is 4.74 Å². The van der Waals surface area contributed by atoms with Crippen LogP contribution in [0.15, 0.2) is 70.9 Å². The zero-order valence-corrected chi connectivity index (χ0v) is 25.6. The normalized spacial score (nSPS) is 17.6. The van der Waals surface area contributed by atoms with E-state index in [1.54, 1.807) is 28.0 Å². The number of nitrogens with zero attached hydrogens (tertiary/aromatic N) is 1. The van der Waals surface area contributed by atoms with E-state index < -0.39 is 5.60 Å². The molecular weight excluding hydrogens is 542 g/mol. The van der Waals surface area contributed by atoms with Gasteiger partial charge in [0.05, 0.1) is 39.1 Å². The third-order valence-electron chi connectivity index (χ3n) is 6.67. The van der Waals surface area contributed by atoms with Crippen LogP contribution in [0.25, 0.3) is 0 Å². The van der Waals surface area contributed by atoms with Gasteiger partial charge in [-0.1, -0.05) is 30.3 Å². The van der Waals surface area contributed by atoms with Gasteiger partial charge in [-0.2, -0.15) is 0 Å². The molecule has 40 heavy (non-hydrogen) atoms. The minimum absolute atomic E-state index is 0.145. The van der Waals surface area contributed by atoms with Gasteiger partial charge in [0.15, 0.2) is 0 Å². The maximum atomic E-state index is 12.8. The van der Waals surface area contributed by atoms with Gasteiger partial charge in [0.25, 0.3) is 0 Å². The molecule has 2 heterocycles. The van der Waals surface area contributed by atoms with Gasteiger partial charge in [-0.15, -0.1) is 23.1 Å². The van der Waals surface area contributed by atoms with E-state index in [1.807, 2.05) is 39.0 Å². The molecular formula is C32H41NO5S2. The third kappa shape index (κ3) is 9.54. The summed E-state index contributed by atoms with van der Waals surface area (Å²) in [6, 6.07) is 20.9. The summed E-state index contributed by atoms with van der Waals surface area (Å²) in [6.45, 7) is 9.24. The van der Waals surface area contributed by atoms with Crippen molar-refractivity contribution in [3.63, 3.8) is 0 Å². The highest BCUT2D eigenvalue weighted by Gasteiger charge is 2.35. The van der Waals surface area contributed by atoms with Gasteiger partial charge < -0.3 is 23.8 Å². The first-order chi connectivity index (χ1) is 19.3. The Labute approximate surface area is 247 Å². The van der Waals surface area contributed by atoms with Crippen molar-refractivity contribution < 1.29 is 23.7 Å². The van der Waals surface area contributed by atoms with Crippen molar-refractivity contribution in [1.29, 1.82) is 0 Å². The molecule has 0 saturated carbocycles. The maximum Gasteiger partial charge on any atom is 0.410 e. The molecule has 0 spiro atoms. The molecule has 0 aliphatic carbocycles. The standard InChI is InChI=1S/C32H41NO5S2/c1-32(2,3)38-31(34)33-17-16-29(30(21-33)37-22-24-8-14-27(39-4)15-9-24)25-10-12-26(13-11-25)36-19-6-18-35-23-28-7-5-20-40-28/h5,7-15,20,29-30H,6,16-19,21-23H2,1-4H3. The van der Waals surface area contributed by atoms with Crippen molar-refractivity contribution in [2.24, 2.45) is 0 Å². The number of rotatable bonds is 12. The average Bonchev–Trinajstić information content (AvgIpc) is 3.47. The number of hydrogen-bond donors (Lipinski definition) is 0. The van der Waals surface area contributed by atoms with Gasteiger partial charge in [-0.05, 0) is 80.3 Å². The number of amides is 1. The van der Waals surface area contributed by atoms with Crippen molar-refractivity contribution in [2.45, 2.75) is 69.3 Å². The lowest BCUT2D eigenvalue weighted by Crippen LogP contribution is -2.48. The number of benzene rings is 2. The van der Waals surface area contributed by atoms with Crippen LogP contribution >= 0.6 is 23.1 Å². The lowest BCUT2D eigenvalue weighted by atomic mass is 9.87. The third-order valence-corrected chi connectivity index (χ3v) is 8.26. The highest BCUT2D eigenvalue weighted by Crippen LogP contribution is 2.33. The van der Waals surface area contributed by atoms with E-state index in [1.165, 1.54) is 15.3 Å². The van der Waals surface area contributed by atoms with Gasteiger partial charge >= 0.3 is 6.09 Å². The van der Waals surface area contributed by atoms with E-state index in [9.17, 15) is 4.79 Å². The van der Waals surface area contributed by atoms with Crippen LogP contribution in [0, 0.1) is 0 Å². The van der Waals surface area contributed by atoms with Crippen LogP contribution in [0.4, 0.5) is 4.79 Å². The Morgan fingerprint density at radius 2 is 1.80 bits per heavy atom. The molecule has 3 aromatic rings. The number of piperidine rings is 1. The van der Waals surface area contributed by atoms with Crippen molar-refractivity contribution in [2.75, 3.05) is 32.6 Å². The Morgan fingerprint density at radius 1 is 1.02 bits per heavy atom. The minimum Gasteiger partial charge on any atom is -0.494 e. The first kappa shape index (κ1) is 30.4. The summed E-state index contributed by atoms with van der Waals surface area (Å²) < 4.78 is 23.8. The van der Waals surface area contributed by atoms with Crippen LogP contribution in [0.3, 0.4) is 0 Å². The Balaban J connectivity index is 1.33. The van der Waals surface area contributed by atoms with Crippen LogP contribution in [-0.2, 0) is 27.4 Å². The first-order valence-electron chi connectivity index (χ1n) is 13.9. The highest BCUT2D eigenvalue weighted by atomic mass is 32.2. The molecule has 6 nitrogen and oxygen atoms in total. The van der Waals surface area contributed by atoms with Crippen LogP contribution in [0.5, 0.6) is 5.75 Å². The molecule has 4 rings (SSSR count). The number of hydrogen-bond acceptors (Lipinski definition) is 7. The summed E-state index contributed by atoms with van der Waals surface area (Å²) in [4.78, 5) is 17.1. The fourth-order valence-corrected chi connectivity index (χ4v) is 5.66. The largest absolute Gasteiger partial charge is 0.494 e. The Morgan fingerprint density at radius 3 is 2.48 bits per heavy atom. The highest BCUT2D eigenvalue weighted by molar-refractivity contribution is 7.98. The van der Waals surface area contributed by atoms with E-state index in [2.05, 4.69) is 54.1 Å². The van der Waals surface area contributed by atoms with Gasteiger partial charge in [0.1, 0.15) is 11.4 Å². The number of thioether (sulfide) groups is 1. The molecule has 0 N–H and O–H groups in total. The van der Waals surface area contributed by atoms with Gasteiger partial charge in [0.2, 0.25) is 0 Å². The summed E-state index contributed by atoms with van der Waals surface area (Å²) in [6.07, 6.45) is 3.28. The minimum atomic E-state index is -0.532. The molecule has 0 bridgehead atoms. The fraction of sp³-hybridized carbons (Fsp3) is 0.469. The van der Waals surface area contributed by atoms with Crippen LogP contribution in [-0.4, -0.2) is 55.3 Å². The molecule has 1 amide bonds. The molecule has 1 saturated heterocycles. The SMILES string of the molecule is CSc1ccc(COC2CN(C(=O)OC(C)(C)C)CCC2c2ccc(OCCCOCc3cccs3)cc2)cc1. The second kappa shape index (κ2) is 14.9. The number of carbonyl (C=O) groups excluding carboxylic acids is 1. The number of likely N-dealkylation sites (tertiary alicyclic amines) is 1. The Kier molecular flexibility index (Phi) is 11.4. The zero-order chi connectivity index (χ0) is 28.4. The van der Waals surface area contributed by atoms with Crippen molar-refractivity contribution in [3.05, 3.63) is 82.0 Å². The Bertz CT molecular complexity index is 1160. The van der Waals surface area contributed by atoms with E-state index >= 15 is 0 Å². The summed E-state index contributed by atoms with van der Waals surface area (Å²) in [5, 5.41) is 2.06. The maximum absolute atomic E-state index is 12.8. The van der Waals surface area contributed by atoms with E-state index in [0.717, 1.165) is 24.2 Å². The molecule has 8 heteroatoms. The number of thiophene rings is 1. The van der Waals surface area contributed by atoms with E-state index in [4.69, 9.17) is 18.9 Å². The van der Waals surface area contributed by atoms with Crippen LogP contribution in [0.2, 0.25) is 0 Å². The Hall–Kier alpha value is -2.52. The molecule has 0 radical (unpaired) electrons. The van der Waals surface area contributed by atoms with Crippen LogP contribution in [0.1, 0.15) is 55.5 Å². The summed E-state index contributed by atoms with van der Waals surface area (Å²) in [5.74, 6) is 1.02. The molecule has 1 aliphatic rings. The lowest BCUT2D eigenvalue weighted by Gasteiger charge is -2.39. The molecule has 2 aromatic carbocycles. The zero-order valence-electron chi connectivity index (χ0n) is 24.0. The van der Waals surface area contributed by atoms with Crippen molar-refractivity contribution >= 4 is 29.2 Å². The summed E-state index contributed by atoms with van der Waals surface area (Å²) in [5.41, 5.74) is 1.78. The molecule has 2 atom stereocenters. The molecule has 1 fully saturated rings. The topological polar surface area (TPSA) is 57.2 Å². The summed E-state index contributed by atoms with van der Waals surface area (Å²) in [7, 11) is 0. The fourth-order valence-electron chi connectivity index (χ4n) is 4.61. The first-order valence-corrected chi connectivity index (χ1v) is 16.0. The number of carbonyl (C=O) groups is 1. The summed E-state index contributed by atoms with van der Waals surface area (Å²) >= 11 is 3.43. The second-order valence-corrected chi connectivity index (χ2v) is 12.8. The van der Waals surface area contributed by atoms with Crippen molar-refractivity contribution in [3.8, 4) is 5.75 Å². The molecule has 2 unspecified atom stereocenters. The molecule has 216 valence electrons. The average molecular weight is 584 g/mol. The number of ether oxygens (including phenoxy) is 4. The predicted molar refractivity (Wildman–Crippen MR) is 162 cm³/mol. The second-order valence-electron chi connectivity index (χ2n) is 10.9. The smallest absolute Gasteiger partial charge is 0.410 e. The van der Waals surface area contributed by atoms with E-state index in [-0.39, 0.29) is 18.1 Å². The van der Waals surface area contributed by atoms with Crippen molar-refractivity contribution in [1.82, 2.24) is 4.90 Å². The quantitative estimate of drug-likeness (QED) is 0.160. The molecule has 1 aromatic heterocycles. The van der Waals surface area contributed by atoms with Gasteiger partial charge in [-0.3, -0.25) is 0 Å². The lowest BCUT2D eigenvalue weighted by molar-refractivity contribution is -0.0359. The van der Waals surface area contributed by atoms with E-state index in [0.29, 0.717) is 39.5 Å². The van der Waals surface area contributed by atoms with Gasteiger partial charge in [-0.25, -0.2) is 4.79 Å². The van der Waals surface area contributed by atoms with Gasteiger partial charge in [0, 0.05) is 28.7 Å².